The third-order valence-electron chi connectivity index (χ3n) is 9.98. The van der Waals surface area contributed by atoms with Gasteiger partial charge in [0, 0.05) is 26.1 Å². The van der Waals surface area contributed by atoms with Crippen LogP contribution in [-0.4, -0.2) is 90.3 Å². The van der Waals surface area contributed by atoms with Crippen LogP contribution in [0.3, 0.4) is 0 Å². The lowest BCUT2D eigenvalue weighted by molar-refractivity contribution is -0.169. The smallest absolute Gasteiger partial charge is 0.455 e. The number of hydrogen-bond acceptors (Lipinski definition) is 17. The highest BCUT2D eigenvalue weighted by Crippen LogP contribution is 2.51. The van der Waals surface area contributed by atoms with E-state index in [2.05, 4.69) is 23.1 Å². The molecule has 2 aromatic rings. The monoisotopic (exact) mass is 881 g/mol. The van der Waals surface area contributed by atoms with Crippen molar-refractivity contribution in [1.29, 1.82) is 5.26 Å². The van der Waals surface area contributed by atoms with Crippen molar-refractivity contribution in [2.75, 3.05) is 39.0 Å². The molecule has 0 unspecified atom stereocenters. The third-order valence-corrected chi connectivity index (χ3v) is 11.4. The van der Waals surface area contributed by atoms with Crippen LogP contribution in [0.5, 0.6) is 0 Å². The van der Waals surface area contributed by atoms with Crippen LogP contribution in [0.4, 0.5) is 10.6 Å². The van der Waals surface area contributed by atoms with Crippen molar-refractivity contribution in [2.24, 2.45) is 0 Å². The minimum Gasteiger partial charge on any atom is -0.455 e. The second-order valence-electron chi connectivity index (χ2n) is 15.2. The van der Waals surface area contributed by atoms with Gasteiger partial charge in [0.05, 0.1) is 25.0 Å². The van der Waals surface area contributed by atoms with Crippen molar-refractivity contribution in [3.8, 4) is 6.07 Å². The molecule has 0 aliphatic carbocycles. The summed E-state index contributed by atoms with van der Waals surface area (Å²) >= 11 is 0. The summed E-state index contributed by atoms with van der Waals surface area (Å²) in [6.07, 6.45) is 13.1. The molecule has 61 heavy (non-hydrogen) atoms. The van der Waals surface area contributed by atoms with Gasteiger partial charge in [0.2, 0.25) is 12.4 Å². The van der Waals surface area contributed by atoms with Crippen molar-refractivity contribution < 1.29 is 60.9 Å². The van der Waals surface area contributed by atoms with Gasteiger partial charge in [0.25, 0.3) is 0 Å². The lowest BCUT2D eigenvalue weighted by Crippen LogP contribution is -2.46. The Morgan fingerprint density at radius 1 is 0.852 bits per heavy atom. The average molecular weight is 882 g/mol. The first-order valence-electron chi connectivity index (χ1n) is 21.9. The maximum Gasteiger partial charge on any atom is 0.510 e. The largest absolute Gasteiger partial charge is 0.510 e. The van der Waals surface area contributed by atoms with E-state index >= 15 is 0 Å². The molecule has 0 radical (unpaired) electrons. The molecule has 2 aromatic heterocycles. The third kappa shape index (κ3) is 17.1. The summed E-state index contributed by atoms with van der Waals surface area (Å²) in [5, 5.41) is 15.0. The minimum absolute atomic E-state index is 0.0775. The molecule has 1 aliphatic rings. The van der Waals surface area contributed by atoms with Gasteiger partial charge in [-0.3, -0.25) is 18.6 Å². The van der Waals surface area contributed by atoms with Crippen molar-refractivity contribution in [2.45, 2.75) is 174 Å². The minimum atomic E-state index is -4.57. The summed E-state index contributed by atoms with van der Waals surface area (Å²) in [5.74, 6) is -1.34. The fourth-order valence-electron chi connectivity index (χ4n) is 6.74. The molecule has 0 aromatic carbocycles. The van der Waals surface area contributed by atoms with Gasteiger partial charge >= 0.3 is 25.9 Å². The van der Waals surface area contributed by atoms with Crippen LogP contribution < -0.4 is 5.73 Å². The zero-order valence-electron chi connectivity index (χ0n) is 36.7. The van der Waals surface area contributed by atoms with Crippen LogP contribution in [0.2, 0.25) is 0 Å². The number of unbranched alkanes of at least 4 members (excludes halogenated alkanes) is 13. The van der Waals surface area contributed by atoms with Gasteiger partial charge in [-0.25, -0.2) is 23.4 Å². The van der Waals surface area contributed by atoms with Gasteiger partial charge in [-0.15, -0.1) is 0 Å². The first-order chi connectivity index (χ1) is 29.4. The number of nitrogens with two attached hydrogens (primary N) is 1. The molecule has 1 saturated heterocycles. The Morgan fingerprint density at radius 2 is 1.46 bits per heavy atom. The van der Waals surface area contributed by atoms with Crippen LogP contribution in [0, 0.1) is 11.3 Å². The molecule has 2 N–H and O–H groups in total. The van der Waals surface area contributed by atoms with E-state index in [1.165, 1.54) is 94.0 Å². The number of ether oxygens (including phenoxy) is 6. The number of fused-ring (bicyclic) bond motifs is 1. The second-order valence-corrected chi connectivity index (χ2v) is 16.9. The first-order valence-corrected chi connectivity index (χ1v) is 23.4. The van der Waals surface area contributed by atoms with Gasteiger partial charge in [-0.1, -0.05) is 104 Å². The van der Waals surface area contributed by atoms with Gasteiger partial charge in [0.15, 0.2) is 18.0 Å². The molecule has 1 aliphatic heterocycles. The van der Waals surface area contributed by atoms with Crippen LogP contribution in [-0.2, 0) is 61.7 Å². The number of esters is 2. The number of phosphoric ester groups is 1. The number of nitriles is 1. The number of carbonyl (C=O) groups excluding carboxylic acids is 3. The lowest BCUT2D eigenvalue weighted by atomic mass is 9.92. The maximum absolute atomic E-state index is 14.0. The van der Waals surface area contributed by atoms with Gasteiger partial charge in [0.1, 0.15) is 24.0 Å². The molecule has 19 heteroatoms. The summed E-state index contributed by atoms with van der Waals surface area (Å²) in [4.78, 5) is 41.6. The fraction of sp³-hybridized carbons (Fsp3) is 0.762. The number of hydrogen-bond donors (Lipinski definition) is 1. The molecule has 3 rings (SSSR count). The topological polar surface area (TPSA) is 231 Å². The standard InChI is InChI=1S/C42H68N5O13P/c1-6-9-10-11-12-13-14-15-16-17-18-19-20-21-25-52-26-22-27-54-61(51,56-31-53-41(50)57-32(4)5)55-28-34-38(58-36(48)7-2)39(59-37(49)8-3)42(29-43,60-34)35-24-23-33-40(44)45-30-46-47(33)35/h23-24,30,32,34,38-39H,6-22,25-28,31H2,1-5H3,(H2,44,45,46)/t34-,38-,39-,42+,61-/m1/s1. The highest BCUT2D eigenvalue weighted by atomic mass is 31.2. The number of nitrogen functional groups attached to an aromatic ring is 1. The van der Waals surface area contributed by atoms with E-state index < -0.39 is 69.3 Å². The quantitative estimate of drug-likeness (QED) is 0.0238. The van der Waals surface area contributed by atoms with Gasteiger partial charge in [-0.05, 0) is 38.8 Å². The van der Waals surface area contributed by atoms with Crippen LogP contribution >= 0.6 is 7.82 Å². The Kier molecular flexibility index (Phi) is 23.6. The predicted molar refractivity (Wildman–Crippen MR) is 224 cm³/mol. The van der Waals surface area contributed by atoms with E-state index in [0.717, 1.165) is 12.8 Å². The molecule has 0 bridgehead atoms. The van der Waals surface area contributed by atoms with E-state index in [4.69, 9.17) is 47.7 Å². The molecule has 344 valence electrons. The molecular weight excluding hydrogens is 813 g/mol. The number of phosphoric acid groups is 1. The molecule has 5 atom stereocenters. The molecule has 0 spiro atoms. The zero-order chi connectivity index (χ0) is 44.5. The van der Waals surface area contributed by atoms with Crippen LogP contribution in [0.15, 0.2) is 18.5 Å². The number of anilines is 1. The Labute approximate surface area is 360 Å². The van der Waals surface area contributed by atoms with Crippen molar-refractivity contribution in [1.82, 2.24) is 14.6 Å². The Hall–Kier alpha value is -3.85. The summed E-state index contributed by atoms with van der Waals surface area (Å²) in [6.45, 7) is 7.80. The van der Waals surface area contributed by atoms with E-state index in [1.807, 2.05) is 0 Å². The van der Waals surface area contributed by atoms with Crippen LogP contribution in [0.25, 0.3) is 5.52 Å². The fourth-order valence-corrected chi connectivity index (χ4v) is 7.83. The molecule has 0 amide bonds. The van der Waals surface area contributed by atoms with Crippen molar-refractivity contribution in [3.05, 3.63) is 24.2 Å². The van der Waals surface area contributed by atoms with E-state index in [-0.39, 0.29) is 31.0 Å². The van der Waals surface area contributed by atoms with Crippen molar-refractivity contribution >= 4 is 37.3 Å². The summed E-state index contributed by atoms with van der Waals surface area (Å²) in [5.41, 5.74) is 4.31. The SMILES string of the molecule is CCCCCCCCCCCCCCCCOCCCO[P@@](=O)(OCOC(=O)OC(C)C)OC[C@H]1O[C@@](C#N)(c2ccc3c(N)ncnn23)[C@H](OC(=O)CC)[C@@H]1OC(=O)CC. The molecule has 3 heterocycles. The molecule has 1 fully saturated rings. The normalized spacial score (nSPS) is 19.7. The Bertz CT molecular complexity index is 1700. The molecule has 18 nitrogen and oxygen atoms in total. The summed E-state index contributed by atoms with van der Waals surface area (Å²) in [7, 11) is -4.57. The van der Waals surface area contributed by atoms with Gasteiger partial charge in [-0.2, -0.15) is 10.4 Å². The maximum atomic E-state index is 14.0. The van der Waals surface area contributed by atoms with E-state index in [0.29, 0.717) is 25.2 Å². The predicted octanol–water partition coefficient (Wildman–Crippen LogP) is 8.64. The summed E-state index contributed by atoms with van der Waals surface area (Å²) in [6, 6.07) is 5.12. The Balaban J connectivity index is 1.61. The molecular formula is C42H68N5O13P. The van der Waals surface area contributed by atoms with Crippen molar-refractivity contribution in [3.63, 3.8) is 0 Å². The first kappa shape index (κ1) is 51.5. The zero-order valence-corrected chi connectivity index (χ0v) is 37.6. The number of carbonyl (C=O) groups is 3. The highest BCUT2D eigenvalue weighted by Gasteiger charge is 2.62. The number of rotatable bonds is 32. The number of nitrogens with zero attached hydrogens (tertiary/aromatic N) is 4. The van der Waals surface area contributed by atoms with E-state index in [9.17, 15) is 24.2 Å². The number of aromatic nitrogens is 3. The van der Waals surface area contributed by atoms with Gasteiger partial charge < -0.3 is 34.2 Å². The summed E-state index contributed by atoms with van der Waals surface area (Å²) < 4.78 is 65.4. The van der Waals surface area contributed by atoms with Crippen LogP contribution in [0.1, 0.15) is 149 Å². The highest BCUT2D eigenvalue weighted by molar-refractivity contribution is 7.48. The average Bonchev–Trinajstić information content (AvgIpc) is 3.80. The molecule has 0 saturated carbocycles. The second kappa shape index (κ2) is 28.0. The lowest BCUT2D eigenvalue weighted by Gasteiger charge is -2.28. The van der Waals surface area contributed by atoms with E-state index in [1.54, 1.807) is 33.8 Å². The Morgan fingerprint density at radius 3 is 2.07 bits per heavy atom.